The molecule has 1 aromatic heterocycles. The summed E-state index contributed by atoms with van der Waals surface area (Å²) < 4.78 is 76.0. The molecule has 1 aliphatic heterocycles. The molecule has 3 amide bonds. The van der Waals surface area contributed by atoms with Crippen LogP contribution in [0.1, 0.15) is 21.5 Å². The first-order chi connectivity index (χ1) is 14.9. The number of urea groups is 1. The van der Waals surface area contributed by atoms with Crippen molar-refractivity contribution in [1.29, 1.82) is 0 Å². The summed E-state index contributed by atoms with van der Waals surface area (Å²) in [6.45, 7) is 0.621. The molecule has 0 saturated carbocycles. The summed E-state index contributed by atoms with van der Waals surface area (Å²) in [5.74, 6) is -0.723. The molecule has 6 nitrogen and oxygen atoms in total. The lowest BCUT2D eigenvalue weighted by molar-refractivity contribution is -0.138. The number of pyridine rings is 1. The number of hydrogen-bond acceptors (Lipinski definition) is 4. The van der Waals surface area contributed by atoms with Gasteiger partial charge in [0.2, 0.25) is 0 Å². The monoisotopic (exact) mass is 480 g/mol. The molecule has 0 radical (unpaired) electrons. The Kier molecular flexibility index (Phi) is 6.54. The third kappa shape index (κ3) is 5.42. The van der Waals surface area contributed by atoms with Crippen molar-refractivity contribution in [3.8, 4) is 0 Å². The summed E-state index contributed by atoms with van der Waals surface area (Å²) in [4.78, 5) is 31.1. The fourth-order valence-corrected chi connectivity index (χ4v) is 3.28. The number of nitrogens with zero attached hydrogens (tertiary/aromatic N) is 3. The second-order valence-electron chi connectivity index (χ2n) is 6.84. The zero-order valence-corrected chi connectivity index (χ0v) is 16.9. The van der Waals surface area contributed by atoms with Crippen molar-refractivity contribution in [2.24, 2.45) is 0 Å². The van der Waals surface area contributed by atoms with Crippen LogP contribution in [0.25, 0.3) is 0 Å². The van der Waals surface area contributed by atoms with Gasteiger partial charge in [-0.1, -0.05) is 11.6 Å². The minimum Gasteiger partial charge on any atom is -0.352 e. The number of carbonyl (C=O) groups excluding carboxylic acids is 2. The summed E-state index contributed by atoms with van der Waals surface area (Å²) in [6.07, 6.45) is -8.45. The second kappa shape index (κ2) is 8.85. The highest BCUT2D eigenvalue weighted by molar-refractivity contribution is 6.33. The maximum atomic E-state index is 12.7. The highest BCUT2D eigenvalue weighted by Crippen LogP contribution is 2.33. The predicted molar refractivity (Wildman–Crippen MR) is 102 cm³/mol. The van der Waals surface area contributed by atoms with Gasteiger partial charge in [0.25, 0.3) is 5.91 Å². The van der Waals surface area contributed by atoms with E-state index in [1.54, 1.807) is 4.90 Å². The number of nitrogens with one attached hydrogen (secondary N) is 1. The smallest absolute Gasteiger partial charge is 0.352 e. The van der Waals surface area contributed by atoms with Gasteiger partial charge in [0.15, 0.2) is 0 Å². The Labute approximate surface area is 182 Å². The van der Waals surface area contributed by atoms with Crippen molar-refractivity contribution >= 4 is 29.4 Å². The molecule has 0 aliphatic carbocycles. The molecule has 32 heavy (non-hydrogen) atoms. The number of anilines is 1. The van der Waals surface area contributed by atoms with Gasteiger partial charge in [0.1, 0.15) is 5.82 Å². The molecule has 3 rings (SSSR count). The van der Waals surface area contributed by atoms with Crippen LogP contribution >= 0.6 is 11.6 Å². The molecular formula is C19H15ClF6N4O2. The summed E-state index contributed by atoms with van der Waals surface area (Å²) in [6, 6.07) is 3.41. The van der Waals surface area contributed by atoms with E-state index in [0.717, 1.165) is 30.3 Å². The summed E-state index contributed by atoms with van der Waals surface area (Å²) >= 11 is 5.93. The van der Waals surface area contributed by atoms with E-state index in [1.165, 1.54) is 4.90 Å². The number of amides is 3. The third-order valence-corrected chi connectivity index (χ3v) is 4.99. The van der Waals surface area contributed by atoms with Crippen LogP contribution in [0, 0.1) is 0 Å². The van der Waals surface area contributed by atoms with Crippen molar-refractivity contribution < 1.29 is 35.9 Å². The summed E-state index contributed by atoms with van der Waals surface area (Å²) in [5, 5.41) is 1.91. The molecule has 1 N–H and O–H groups in total. The van der Waals surface area contributed by atoms with Gasteiger partial charge in [0.05, 0.1) is 16.1 Å². The van der Waals surface area contributed by atoms with Crippen molar-refractivity contribution in [2.75, 3.05) is 31.1 Å². The van der Waals surface area contributed by atoms with E-state index in [4.69, 9.17) is 11.6 Å². The number of halogens is 7. The Morgan fingerprint density at radius 2 is 1.47 bits per heavy atom. The summed E-state index contributed by atoms with van der Waals surface area (Å²) in [7, 11) is 0. The average molecular weight is 481 g/mol. The number of benzene rings is 1. The van der Waals surface area contributed by atoms with Crippen LogP contribution in [-0.2, 0) is 12.4 Å². The van der Waals surface area contributed by atoms with Crippen molar-refractivity contribution in [3.63, 3.8) is 0 Å². The molecule has 1 saturated heterocycles. The van der Waals surface area contributed by atoms with E-state index in [2.05, 4.69) is 10.3 Å². The van der Waals surface area contributed by atoms with Gasteiger partial charge in [-0.05, 0) is 30.3 Å². The molecule has 0 atom stereocenters. The van der Waals surface area contributed by atoms with Crippen LogP contribution in [0.4, 0.5) is 37.0 Å². The Hall–Kier alpha value is -3.02. The molecule has 1 fully saturated rings. The molecule has 0 bridgehead atoms. The number of rotatable bonds is 2. The molecule has 13 heteroatoms. The molecule has 2 heterocycles. The second-order valence-corrected chi connectivity index (χ2v) is 7.24. The van der Waals surface area contributed by atoms with Crippen LogP contribution < -0.4 is 10.2 Å². The van der Waals surface area contributed by atoms with Gasteiger partial charge in [-0.15, -0.1) is 0 Å². The molecule has 172 valence electrons. The van der Waals surface area contributed by atoms with Crippen molar-refractivity contribution in [3.05, 3.63) is 58.2 Å². The van der Waals surface area contributed by atoms with Crippen LogP contribution in [-0.4, -0.2) is 48.0 Å². The zero-order chi connectivity index (χ0) is 23.7. The Morgan fingerprint density at radius 3 is 1.97 bits per heavy atom. The topological polar surface area (TPSA) is 65.5 Å². The molecule has 0 unspecified atom stereocenters. The number of piperazine rings is 1. The number of aromatic nitrogens is 1. The molecule has 1 aliphatic rings. The Morgan fingerprint density at radius 1 is 0.906 bits per heavy atom. The Balaban J connectivity index is 1.57. The van der Waals surface area contributed by atoms with Gasteiger partial charge < -0.3 is 9.80 Å². The number of alkyl halides is 6. The standard InChI is InChI=1S/C19H15ClF6N4O2/c20-14-9-13(19(24,25)26)10-27-15(14)29-5-7-30(8-6-29)17(32)28-16(31)11-1-3-12(4-2-11)18(21,22)23/h1-4,9-10H,5-8H2,(H,28,31,32). The van der Waals surface area contributed by atoms with Crippen LogP contribution in [0.2, 0.25) is 5.02 Å². The quantitative estimate of drug-likeness (QED) is 0.645. The zero-order valence-electron chi connectivity index (χ0n) is 16.1. The first kappa shape index (κ1) is 23.6. The third-order valence-electron chi connectivity index (χ3n) is 4.71. The SMILES string of the molecule is O=C(NC(=O)N1CCN(c2ncc(C(F)(F)F)cc2Cl)CC1)c1ccc(C(F)(F)F)cc1. The highest BCUT2D eigenvalue weighted by Gasteiger charge is 2.33. The van der Waals surface area contributed by atoms with E-state index in [9.17, 15) is 35.9 Å². The Bertz CT molecular complexity index is 1000. The fraction of sp³-hybridized carbons (Fsp3) is 0.316. The highest BCUT2D eigenvalue weighted by atomic mass is 35.5. The maximum Gasteiger partial charge on any atom is 0.417 e. The van der Waals surface area contributed by atoms with Gasteiger partial charge in [0, 0.05) is 37.9 Å². The van der Waals surface area contributed by atoms with Crippen molar-refractivity contribution in [1.82, 2.24) is 15.2 Å². The van der Waals surface area contributed by atoms with Crippen LogP contribution in [0.3, 0.4) is 0 Å². The van der Waals surface area contributed by atoms with Crippen molar-refractivity contribution in [2.45, 2.75) is 12.4 Å². The predicted octanol–water partition coefficient (Wildman–Crippen LogP) is 4.44. The maximum absolute atomic E-state index is 12.7. The number of hydrogen-bond donors (Lipinski definition) is 1. The van der Waals surface area contributed by atoms with E-state index in [-0.39, 0.29) is 42.6 Å². The fourth-order valence-electron chi connectivity index (χ4n) is 3.00. The minimum atomic E-state index is -4.58. The lowest BCUT2D eigenvalue weighted by Gasteiger charge is -2.35. The first-order valence-electron chi connectivity index (χ1n) is 9.11. The van der Waals surface area contributed by atoms with E-state index < -0.39 is 35.4 Å². The van der Waals surface area contributed by atoms with Crippen LogP contribution in [0.5, 0.6) is 0 Å². The van der Waals surface area contributed by atoms with E-state index in [1.807, 2.05) is 0 Å². The molecule has 1 aromatic carbocycles. The number of carbonyl (C=O) groups is 2. The van der Waals surface area contributed by atoms with Gasteiger partial charge in [-0.3, -0.25) is 10.1 Å². The average Bonchev–Trinajstić information content (AvgIpc) is 2.72. The lowest BCUT2D eigenvalue weighted by atomic mass is 10.1. The largest absolute Gasteiger partial charge is 0.417 e. The first-order valence-corrected chi connectivity index (χ1v) is 9.49. The van der Waals surface area contributed by atoms with Crippen LogP contribution in [0.15, 0.2) is 36.5 Å². The van der Waals surface area contributed by atoms with Gasteiger partial charge in [-0.2, -0.15) is 26.3 Å². The van der Waals surface area contributed by atoms with E-state index in [0.29, 0.717) is 6.20 Å². The summed E-state index contributed by atoms with van der Waals surface area (Å²) in [5.41, 5.74) is -2.02. The molecule has 0 spiro atoms. The van der Waals surface area contributed by atoms with Gasteiger partial charge >= 0.3 is 18.4 Å². The minimum absolute atomic E-state index is 0.116. The normalized spacial score (nSPS) is 15.0. The lowest BCUT2D eigenvalue weighted by Crippen LogP contribution is -2.53. The van der Waals surface area contributed by atoms with Gasteiger partial charge in [-0.25, -0.2) is 9.78 Å². The van der Waals surface area contributed by atoms with E-state index >= 15 is 0 Å². The molecular weight excluding hydrogens is 466 g/mol. The molecule has 2 aromatic rings. The number of imide groups is 1.